The molecule has 0 radical (unpaired) electrons. The molecule has 0 aliphatic heterocycles. The van der Waals surface area contributed by atoms with Crippen LogP contribution in [0.3, 0.4) is 0 Å². The molecular formula is C12H10Cl2F6P2. The smallest absolute Gasteiger partial charge is 0.195 e. The van der Waals surface area contributed by atoms with Crippen LogP contribution in [0, 0.1) is 34.9 Å². The summed E-state index contributed by atoms with van der Waals surface area (Å²) < 4.78 is 73.4. The van der Waals surface area contributed by atoms with Crippen molar-refractivity contribution in [3.8, 4) is 0 Å². The average Bonchev–Trinajstić information content (AvgIpc) is 2.43. The fourth-order valence-corrected chi connectivity index (χ4v) is 1.53. The van der Waals surface area contributed by atoms with Gasteiger partial charge in [-0.3, -0.25) is 0 Å². The largest absolute Gasteiger partial charge is 0.204 e. The maximum Gasteiger partial charge on any atom is 0.195 e. The van der Waals surface area contributed by atoms with Crippen molar-refractivity contribution in [2.45, 2.75) is 0 Å². The molecule has 10 heteroatoms. The second kappa shape index (κ2) is 10.3. The van der Waals surface area contributed by atoms with Crippen LogP contribution in [0.4, 0.5) is 26.3 Å². The third-order valence-corrected chi connectivity index (χ3v) is 3.02. The first-order chi connectivity index (χ1) is 9.25. The standard InChI is InChI=1S/2C6H4F3P.2ClH/c2*7-3-1-2-4(10)6(9)5(3)8;;/h2*1-2H,10H2;2*1H. The van der Waals surface area contributed by atoms with Crippen LogP contribution >= 0.6 is 43.3 Å². The minimum absolute atomic E-state index is 0. The van der Waals surface area contributed by atoms with Crippen molar-refractivity contribution in [2.75, 3.05) is 0 Å². The first kappa shape index (κ1) is 23.7. The monoisotopic (exact) mass is 400 g/mol. The predicted molar refractivity (Wildman–Crippen MR) is 85.8 cm³/mol. The van der Waals surface area contributed by atoms with E-state index in [-0.39, 0.29) is 35.4 Å². The molecule has 2 rings (SSSR count). The first-order valence-corrected chi connectivity index (χ1v) is 6.19. The molecule has 0 spiro atoms. The van der Waals surface area contributed by atoms with E-state index in [0.29, 0.717) is 0 Å². The maximum absolute atomic E-state index is 12.4. The summed E-state index contributed by atoms with van der Waals surface area (Å²) in [6, 6.07) is 4.05. The van der Waals surface area contributed by atoms with Crippen LogP contribution in [0.5, 0.6) is 0 Å². The molecule has 0 N–H and O–H groups in total. The minimum Gasteiger partial charge on any atom is -0.204 e. The van der Waals surface area contributed by atoms with Gasteiger partial charge in [0.15, 0.2) is 34.9 Å². The summed E-state index contributed by atoms with van der Waals surface area (Å²) in [4.78, 5) is 0. The van der Waals surface area contributed by atoms with Gasteiger partial charge in [-0.25, -0.2) is 26.3 Å². The Morgan fingerprint density at radius 3 is 1.00 bits per heavy atom. The molecular weight excluding hydrogens is 391 g/mol. The Kier molecular flexibility index (Phi) is 11.1. The topological polar surface area (TPSA) is 0 Å². The van der Waals surface area contributed by atoms with Gasteiger partial charge >= 0.3 is 0 Å². The van der Waals surface area contributed by atoms with Gasteiger partial charge in [0.2, 0.25) is 0 Å². The number of halogens is 8. The summed E-state index contributed by atoms with van der Waals surface area (Å²) in [7, 11) is 3.92. The summed E-state index contributed by atoms with van der Waals surface area (Å²) in [5, 5.41) is 0.0535. The summed E-state index contributed by atoms with van der Waals surface area (Å²) in [5.74, 6) is -7.47. The second-order valence-electron chi connectivity index (χ2n) is 3.53. The number of benzene rings is 2. The molecule has 0 saturated carbocycles. The van der Waals surface area contributed by atoms with Gasteiger partial charge in [-0.05, 0) is 24.3 Å². The molecule has 0 fully saturated rings. The van der Waals surface area contributed by atoms with Crippen LogP contribution in [-0.2, 0) is 0 Å². The van der Waals surface area contributed by atoms with Gasteiger partial charge in [0.1, 0.15) is 0 Å². The molecule has 124 valence electrons. The van der Waals surface area contributed by atoms with E-state index in [1.165, 1.54) is 0 Å². The summed E-state index contributed by atoms with van der Waals surface area (Å²) in [6.07, 6.45) is 0. The Morgan fingerprint density at radius 1 is 0.500 bits per heavy atom. The van der Waals surface area contributed by atoms with Crippen molar-refractivity contribution >= 4 is 53.9 Å². The molecule has 2 unspecified atom stereocenters. The lowest BCUT2D eigenvalue weighted by atomic mass is 10.3. The van der Waals surface area contributed by atoms with Gasteiger partial charge in [-0.15, -0.1) is 43.3 Å². The van der Waals surface area contributed by atoms with Crippen LogP contribution in [0.1, 0.15) is 0 Å². The number of hydrogen-bond acceptors (Lipinski definition) is 0. The number of hydrogen-bond donors (Lipinski definition) is 0. The fraction of sp³-hybridized carbons (Fsp3) is 0. The third kappa shape index (κ3) is 5.92. The highest BCUT2D eigenvalue weighted by Crippen LogP contribution is 2.09. The van der Waals surface area contributed by atoms with E-state index in [4.69, 9.17) is 0 Å². The van der Waals surface area contributed by atoms with Crippen LogP contribution in [0.15, 0.2) is 24.3 Å². The fourth-order valence-electron chi connectivity index (χ4n) is 1.08. The molecule has 0 bridgehead atoms. The van der Waals surface area contributed by atoms with Crippen molar-refractivity contribution in [3.63, 3.8) is 0 Å². The van der Waals surface area contributed by atoms with Crippen LogP contribution in [0.25, 0.3) is 0 Å². The van der Waals surface area contributed by atoms with Crippen LogP contribution in [0.2, 0.25) is 0 Å². The zero-order chi connectivity index (χ0) is 15.4. The van der Waals surface area contributed by atoms with Crippen molar-refractivity contribution in [2.24, 2.45) is 0 Å². The van der Waals surface area contributed by atoms with E-state index in [0.717, 1.165) is 24.3 Å². The van der Waals surface area contributed by atoms with Crippen LogP contribution < -0.4 is 10.6 Å². The highest BCUT2D eigenvalue weighted by atomic mass is 35.5. The van der Waals surface area contributed by atoms with Crippen molar-refractivity contribution in [3.05, 3.63) is 59.2 Å². The third-order valence-electron chi connectivity index (χ3n) is 2.13. The Hall–Kier alpha value is -0.540. The molecule has 2 aromatic carbocycles. The Balaban J connectivity index is 0. The lowest BCUT2D eigenvalue weighted by molar-refractivity contribution is 0.451. The lowest BCUT2D eigenvalue weighted by Gasteiger charge is -1.96. The van der Waals surface area contributed by atoms with Crippen molar-refractivity contribution < 1.29 is 26.3 Å². The second-order valence-corrected chi connectivity index (χ2v) is 4.77. The van der Waals surface area contributed by atoms with E-state index in [1.54, 1.807) is 0 Å². The van der Waals surface area contributed by atoms with Gasteiger partial charge in [0, 0.05) is 10.6 Å². The molecule has 2 atom stereocenters. The zero-order valence-electron chi connectivity index (χ0n) is 10.5. The van der Waals surface area contributed by atoms with Gasteiger partial charge in [-0.1, -0.05) is 0 Å². The molecule has 0 aromatic heterocycles. The molecule has 0 aliphatic rings. The molecule has 0 nitrogen and oxygen atoms in total. The van der Waals surface area contributed by atoms with Crippen molar-refractivity contribution in [1.82, 2.24) is 0 Å². The summed E-state index contributed by atoms with van der Waals surface area (Å²) >= 11 is 0. The van der Waals surface area contributed by atoms with Crippen molar-refractivity contribution in [1.29, 1.82) is 0 Å². The predicted octanol–water partition coefficient (Wildman–Crippen LogP) is 4.05. The minimum atomic E-state index is -1.42. The zero-order valence-corrected chi connectivity index (χ0v) is 14.5. The van der Waals surface area contributed by atoms with E-state index in [2.05, 4.69) is 0 Å². The molecule has 0 saturated heterocycles. The van der Waals surface area contributed by atoms with E-state index >= 15 is 0 Å². The first-order valence-electron chi connectivity index (χ1n) is 5.03. The molecule has 22 heavy (non-hydrogen) atoms. The highest BCUT2D eigenvalue weighted by molar-refractivity contribution is 7.27. The van der Waals surface area contributed by atoms with E-state index in [9.17, 15) is 26.3 Å². The Bertz CT molecular complexity index is 530. The van der Waals surface area contributed by atoms with E-state index < -0.39 is 34.9 Å². The molecule has 0 heterocycles. The van der Waals surface area contributed by atoms with Crippen LogP contribution in [-0.4, -0.2) is 0 Å². The summed E-state index contributed by atoms with van der Waals surface area (Å²) in [5.41, 5.74) is 0. The number of rotatable bonds is 0. The lowest BCUT2D eigenvalue weighted by Crippen LogP contribution is -2.03. The Morgan fingerprint density at radius 2 is 0.773 bits per heavy atom. The highest BCUT2D eigenvalue weighted by Gasteiger charge is 2.10. The Labute approximate surface area is 139 Å². The summed E-state index contributed by atoms with van der Waals surface area (Å²) in [6.45, 7) is 0. The van der Waals surface area contributed by atoms with Gasteiger partial charge in [-0.2, -0.15) is 0 Å². The molecule has 0 aliphatic carbocycles. The van der Waals surface area contributed by atoms with E-state index in [1.807, 2.05) is 18.5 Å². The normalized spacial score (nSPS) is 9.09. The van der Waals surface area contributed by atoms with Gasteiger partial charge in [0.25, 0.3) is 0 Å². The van der Waals surface area contributed by atoms with Gasteiger partial charge in [0.05, 0.1) is 0 Å². The molecule has 0 amide bonds. The molecule has 2 aromatic rings. The maximum atomic E-state index is 12.4. The average molecular weight is 401 g/mol. The SMILES string of the molecule is Cl.Cl.Fc1ccc(P)c(F)c1F.Fc1ccc(P)c(F)c1F. The quantitative estimate of drug-likeness (QED) is 0.355. The van der Waals surface area contributed by atoms with Gasteiger partial charge < -0.3 is 0 Å².